The molecule has 20 heavy (non-hydrogen) atoms. The van der Waals surface area contributed by atoms with E-state index in [0.717, 1.165) is 18.6 Å². The summed E-state index contributed by atoms with van der Waals surface area (Å²) >= 11 is 4.73. The van der Waals surface area contributed by atoms with Crippen molar-refractivity contribution in [3.63, 3.8) is 0 Å². The fourth-order valence-corrected chi connectivity index (χ4v) is 1.75. The third kappa shape index (κ3) is 4.48. The Bertz CT molecular complexity index is 515. The molecule has 0 saturated heterocycles. The highest BCUT2D eigenvalue weighted by Gasteiger charge is 2.31. The van der Waals surface area contributed by atoms with Gasteiger partial charge in [0.2, 0.25) is 5.91 Å². The summed E-state index contributed by atoms with van der Waals surface area (Å²) in [7, 11) is 0. The van der Waals surface area contributed by atoms with E-state index in [4.69, 9.17) is 18.0 Å². The first kappa shape index (κ1) is 16.4. The zero-order valence-corrected chi connectivity index (χ0v) is 11.7. The van der Waals surface area contributed by atoms with Gasteiger partial charge in [0.05, 0.1) is 11.3 Å². The highest BCUT2D eigenvalue weighted by molar-refractivity contribution is 7.80. The first-order valence-corrected chi connectivity index (χ1v) is 6.47. The van der Waals surface area contributed by atoms with Crippen molar-refractivity contribution in [3.8, 4) is 0 Å². The van der Waals surface area contributed by atoms with Crippen LogP contribution in [0.3, 0.4) is 0 Å². The Hall–Kier alpha value is -1.63. The molecule has 3 nitrogen and oxygen atoms in total. The van der Waals surface area contributed by atoms with Gasteiger partial charge >= 0.3 is 6.18 Å². The average Bonchev–Trinajstić information content (AvgIpc) is 2.35. The second-order valence-corrected chi connectivity index (χ2v) is 4.71. The van der Waals surface area contributed by atoms with Gasteiger partial charge in [-0.05, 0) is 24.6 Å². The van der Waals surface area contributed by atoms with Gasteiger partial charge in [0.1, 0.15) is 4.99 Å². The predicted octanol–water partition coefficient (Wildman–Crippen LogP) is 3.47. The van der Waals surface area contributed by atoms with Crippen LogP contribution < -0.4 is 11.1 Å². The maximum absolute atomic E-state index is 12.6. The van der Waals surface area contributed by atoms with Crippen molar-refractivity contribution in [1.29, 1.82) is 0 Å². The summed E-state index contributed by atoms with van der Waals surface area (Å²) in [6.07, 6.45) is -2.63. The highest BCUT2D eigenvalue weighted by atomic mass is 32.1. The van der Waals surface area contributed by atoms with Crippen LogP contribution in [-0.4, -0.2) is 10.9 Å². The van der Waals surface area contributed by atoms with Gasteiger partial charge in [-0.1, -0.05) is 25.6 Å². The van der Waals surface area contributed by atoms with Gasteiger partial charge in [-0.2, -0.15) is 13.2 Å². The zero-order valence-electron chi connectivity index (χ0n) is 10.9. The van der Waals surface area contributed by atoms with Crippen molar-refractivity contribution in [2.75, 3.05) is 5.32 Å². The minimum absolute atomic E-state index is 0.0136. The van der Waals surface area contributed by atoms with E-state index >= 15 is 0 Å². The molecular formula is C13H15F3N2OS. The minimum Gasteiger partial charge on any atom is -0.389 e. The molecule has 0 fully saturated rings. The number of thiocarbonyl (C=S) groups is 1. The van der Waals surface area contributed by atoms with E-state index in [0.29, 0.717) is 12.8 Å². The Labute approximate surface area is 120 Å². The van der Waals surface area contributed by atoms with Gasteiger partial charge in [-0.15, -0.1) is 0 Å². The number of alkyl halides is 3. The van der Waals surface area contributed by atoms with Crippen LogP contribution >= 0.6 is 12.2 Å². The first-order valence-electron chi connectivity index (χ1n) is 6.06. The molecule has 0 saturated carbocycles. The van der Waals surface area contributed by atoms with Crippen molar-refractivity contribution in [3.05, 3.63) is 29.3 Å². The maximum atomic E-state index is 12.6. The van der Waals surface area contributed by atoms with E-state index in [2.05, 4.69) is 5.32 Å². The van der Waals surface area contributed by atoms with Crippen LogP contribution in [-0.2, 0) is 11.0 Å². The fraction of sp³-hybridized carbons (Fsp3) is 0.385. The Balaban J connectivity index is 3.02. The van der Waals surface area contributed by atoms with Crippen molar-refractivity contribution < 1.29 is 18.0 Å². The number of carbonyl (C=O) groups is 1. The number of benzene rings is 1. The number of nitrogens with one attached hydrogen (secondary N) is 1. The van der Waals surface area contributed by atoms with Crippen LogP contribution in [0.25, 0.3) is 0 Å². The number of hydrogen-bond donors (Lipinski definition) is 2. The molecule has 1 aromatic rings. The normalized spacial score (nSPS) is 11.2. The largest absolute Gasteiger partial charge is 0.416 e. The van der Waals surface area contributed by atoms with Gasteiger partial charge in [0, 0.05) is 12.0 Å². The topological polar surface area (TPSA) is 55.1 Å². The van der Waals surface area contributed by atoms with Crippen LogP contribution in [0.15, 0.2) is 18.2 Å². The summed E-state index contributed by atoms with van der Waals surface area (Å²) in [5, 5.41) is 2.53. The second-order valence-electron chi connectivity index (χ2n) is 4.27. The lowest BCUT2D eigenvalue weighted by Crippen LogP contribution is -2.18. The van der Waals surface area contributed by atoms with Crippen LogP contribution in [0.4, 0.5) is 18.9 Å². The quantitative estimate of drug-likeness (QED) is 0.819. The van der Waals surface area contributed by atoms with Crippen molar-refractivity contribution in [1.82, 2.24) is 0 Å². The van der Waals surface area contributed by atoms with Crippen molar-refractivity contribution in [2.24, 2.45) is 5.73 Å². The van der Waals surface area contributed by atoms with Gasteiger partial charge in [0.15, 0.2) is 0 Å². The Morgan fingerprint density at radius 1 is 1.40 bits per heavy atom. The number of anilines is 1. The Kier molecular flexibility index (Phi) is 5.50. The molecule has 110 valence electrons. The molecule has 0 aliphatic carbocycles. The third-order valence-corrected chi connectivity index (χ3v) is 2.86. The van der Waals surface area contributed by atoms with Crippen LogP contribution in [0, 0.1) is 0 Å². The molecular weight excluding hydrogens is 289 g/mol. The molecule has 0 atom stereocenters. The number of unbranched alkanes of at least 4 members (excludes halogenated alkanes) is 1. The number of amides is 1. The summed E-state index contributed by atoms with van der Waals surface area (Å²) in [4.78, 5) is 11.4. The lowest BCUT2D eigenvalue weighted by Gasteiger charge is -2.13. The molecule has 0 unspecified atom stereocenters. The summed E-state index contributed by atoms with van der Waals surface area (Å²) in [6.45, 7) is 1.94. The number of rotatable bonds is 5. The summed E-state index contributed by atoms with van der Waals surface area (Å²) in [6, 6.07) is 2.90. The van der Waals surface area contributed by atoms with Gasteiger partial charge in [-0.3, -0.25) is 4.79 Å². The molecule has 0 aliphatic rings. The van der Waals surface area contributed by atoms with Crippen molar-refractivity contribution in [2.45, 2.75) is 32.4 Å². The van der Waals surface area contributed by atoms with Gasteiger partial charge in [-0.25, -0.2) is 0 Å². The molecule has 0 aliphatic heterocycles. The molecule has 0 radical (unpaired) electrons. The van der Waals surface area contributed by atoms with Gasteiger partial charge in [0.25, 0.3) is 0 Å². The molecule has 0 bridgehead atoms. The number of hydrogen-bond acceptors (Lipinski definition) is 2. The summed E-state index contributed by atoms with van der Waals surface area (Å²) in [5.41, 5.74) is 4.77. The van der Waals surface area contributed by atoms with Crippen molar-refractivity contribution >= 4 is 28.8 Å². The molecule has 1 amide bonds. The minimum atomic E-state index is -4.48. The molecule has 1 aromatic carbocycles. The Morgan fingerprint density at radius 3 is 2.55 bits per heavy atom. The number of halogens is 3. The van der Waals surface area contributed by atoms with E-state index in [1.165, 1.54) is 6.07 Å². The van der Waals surface area contributed by atoms with E-state index in [-0.39, 0.29) is 22.1 Å². The van der Waals surface area contributed by atoms with E-state index < -0.39 is 11.7 Å². The second kappa shape index (κ2) is 6.69. The van der Waals surface area contributed by atoms with Crippen LogP contribution in [0.5, 0.6) is 0 Å². The molecule has 7 heteroatoms. The fourth-order valence-electron chi connectivity index (χ4n) is 1.58. The molecule has 0 aromatic heterocycles. The SMILES string of the molecule is CCCCC(=O)Nc1ccc(C(F)(F)F)cc1C(N)=S. The predicted molar refractivity (Wildman–Crippen MR) is 75.5 cm³/mol. The monoisotopic (exact) mass is 304 g/mol. The van der Waals surface area contributed by atoms with Gasteiger partial charge < -0.3 is 11.1 Å². The van der Waals surface area contributed by atoms with Crippen LogP contribution in [0.2, 0.25) is 0 Å². The zero-order chi connectivity index (χ0) is 15.3. The molecule has 1 rings (SSSR count). The molecule has 3 N–H and O–H groups in total. The maximum Gasteiger partial charge on any atom is 0.416 e. The summed E-state index contributed by atoms with van der Waals surface area (Å²) < 4.78 is 37.9. The third-order valence-electron chi connectivity index (χ3n) is 2.64. The first-order chi connectivity index (χ1) is 9.25. The van der Waals surface area contributed by atoms with Crippen LogP contribution in [0.1, 0.15) is 37.3 Å². The number of carbonyl (C=O) groups excluding carboxylic acids is 1. The lowest BCUT2D eigenvalue weighted by atomic mass is 10.1. The Morgan fingerprint density at radius 2 is 2.05 bits per heavy atom. The average molecular weight is 304 g/mol. The lowest BCUT2D eigenvalue weighted by molar-refractivity contribution is -0.137. The smallest absolute Gasteiger partial charge is 0.389 e. The van der Waals surface area contributed by atoms with E-state index in [9.17, 15) is 18.0 Å². The van der Waals surface area contributed by atoms with E-state index in [1.54, 1.807) is 0 Å². The number of nitrogens with two attached hydrogens (primary N) is 1. The summed E-state index contributed by atoms with van der Waals surface area (Å²) in [5.74, 6) is -0.274. The van der Waals surface area contributed by atoms with E-state index in [1.807, 2.05) is 6.92 Å². The standard InChI is InChI=1S/C13H15F3N2OS/c1-2-3-4-11(19)18-10-6-5-8(13(14,15)16)7-9(10)12(17)20/h5-7H,2-4H2,1H3,(H2,17,20)(H,18,19). The molecule has 0 heterocycles. The highest BCUT2D eigenvalue weighted by Crippen LogP contribution is 2.31. The molecule has 0 spiro atoms.